The summed E-state index contributed by atoms with van der Waals surface area (Å²) in [7, 11) is 0. The van der Waals surface area contributed by atoms with Crippen molar-refractivity contribution < 1.29 is 9.32 Å². The first-order chi connectivity index (χ1) is 7.72. The van der Waals surface area contributed by atoms with Gasteiger partial charge in [0.05, 0.1) is 11.1 Å². The first-order valence-corrected chi connectivity index (χ1v) is 4.50. The number of nitrogens with zero attached hydrogens (tertiary/aromatic N) is 3. The zero-order chi connectivity index (χ0) is 11.5. The van der Waals surface area contributed by atoms with Gasteiger partial charge in [0, 0.05) is 5.18 Å². The Kier molecular flexibility index (Phi) is 2.55. The highest BCUT2D eigenvalue weighted by Gasteiger charge is 2.16. The molecule has 0 bridgehead atoms. The second-order valence-corrected chi connectivity index (χ2v) is 3.09. The third-order valence-corrected chi connectivity index (χ3v) is 2.00. The molecule has 0 saturated carbocycles. The molecule has 1 amide bonds. The van der Waals surface area contributed by atoms with Crippen molar-refractivity contribution in [3.8, 4) is 11.5 Å². The number of aryl methyl sites for hydroxylation is 1. The number of hydrogen-bond acceptors (Lipinski definition) is 5. The molecular weight excluding hydrogens is 210 g/mol. The van der Waals surface area contributed by atoms with E-state index in [-0.39, 0.29) is 11.5 Å². The van der Waals surface area contributed by atoms with E-state index in [1.54, 1.807) is 25.1 Å². The maximum absolute atomic E-state index is 11.2. The molecular formula is C10H7N3O3. The topological polar surface area (TPSA) is 85.4 Å². The summed E-state index contributed by atoms with van der Waals surface area (Å²) in [5.74, 6) is -0.201. The highest BCUT2D eigenvalue weighted by Crippen LogP contribution is 2.22. The summed E-state index contributed by atoms with van der Waals surface area (Å²) in [6, 6.07) is 6.44. The predicted octanol–water partition coefficient (Wildman–Crippen LogP) is 1.95. The summed E-state index contributed by atoms with van der Waals surface area (Å²) < 4.78 is 4.93. The summed E-state index contributed by atoms with van der Waals surface area (Å²) in [4.78, 5) is 25.5. The third kappa shape index (κ3) is 1.72. The molecule has 0 atom stereocenters. The van der Waals surface area contributed by atoms with Gasteiger partial charge in [-0.2, -0.15) is 4.98 Å². The molecule has 0 spiro atoms. The van der Waals surface area contributed by atoms with E-state index in [0.717, 1.165) is 0 Å². The smallest absolute Gasteiger partial charge is 0.317 e. The Labute approximate surface area is 90.3 Å². The third-order valence-electron chi connectivity index (χ3n) is 2.00. The largest absolute Gasteiger partial charge is 0.334 e. The van der Waals surface area contributed by atoms with Gasteiger partial charge >= 0.3 is 5.91 Å². The van der Waals surface area contributed by atoms with Crippen molar-refractivity contribution in [3.05, 3.63) is 40.6 Å². The van der Waals surface area contributed by atoms with Crippen LogP contribution < -0.4 is 0 Å². The lowest BCUT2D eigenvalue weighted by Gasteiger charge is -1.98. The van der Waals surface area contributed by atoms with E-state index in [2.05, 4.69) is 15.3 Å². The summed E-state index contributed by atoms with van der Waals surface area (Å²) >= 11 is 0. The Balaban J connectivity index is 2.56. The molecule has 0 radical (unpaired) electrons. The van der Waals surface area contributed by atoms with Crippen molar-refractivity contribution in [3.63, 3.8) is 0 Å². The van der Waals surface area contributed by atoms with Crippen LogP contribution in [-0.2, 0) is 0 Å². The van der Waals surface area contributed by atoms with Crippen LogP contribution in [0, 0.1) is 11.8 Å². The maximum Gasteiger partial charge on any atom is 0.317 e. The average molecular weight is 217 g/mol. The SMILES string of the molecule is Cc1noc(-c2ccccc2C(=O)N=O)n1. The van der Waals surface area contributed by atoms with Gasteiger partial charge in [-0.15, -0.1) is 4.91 Å². The molecule has 0 aliphatic rings. The normalized spacial score (nSPS) is 10.1. The molecule has 0 saturated heterocycles. The fraction of sp³-hybridized carbons (Fsp3) is 0.100. The Morgan fingerprint density at radius 3 is 2.75 bits per heavy atom. The van der Waals surface area contributed by atoms with Gasteiger partial charge < -0.3 is 4.52 Å². The summed E-state index contributed by atoms with van der Waals surface area (Å²) in [5.41, 5.74) is 0.564. The van der Waals surface area contributed by atoms with E-state index in [1.807, 2.05) is 0 Å². The Hall–Kier alpha value is -2.37. The zero-order valence-electron chi connectivity index (χ0n) is 8.38. The molecule has 0 N–H and O–H groups in total. The van der Waals surface area contributed by atoms with E-state index < -0.39 is 5.91 Å². The van der Waals surface area contributed by atoms with Crippen LogP contribution in [0.4, 0.5) is 0 Å². The van der Waals surface area contributed by atoms with Crippen molar-refractivity contribution in [2.45, 2.75) is 6.92 Å². The number of hydrogen-bond donors (Lipinski definition) is 0. The first kappa shape index (κ1) is 10.2. The van der Waals surface area contributed by atoms with Gasteiger partial charge in [-0.05, 0) is 19.1 Å². The Morgan fingerprint density at radius 1 is 1.38 bits per heavy atom. The van der Waals surface area contributed by atoms with Crippen LogP contribution >= 0.6 is 0 Å². The molecule has 6 heteroatoms. The van der Waals surface area contributed by atoms with Crippen molar-refractivity contribution in [1.82, 2.24) is 10.1 Å². The molecule has 16 heavy (non-hydrogen) atoms. The molecule has 1 aromatic carbocycles. The van der Waals surface area contributed by atoms with E-state index >= 15 is 0 Å². The van der Waals surface area contributed by atoms with Crippen LogP contribution in [0.1, 0.15) is 16.2 Å². The number of benzene rings is 1. The molecule has 0 unspecified atom stereocenters. The van der Waals surface area contributed by atoms with Crippen LogP contribution in [0.3, 0.4) is 0 Å². The Morgan fingerprint density at radius 2 is 2.12 bits per heavy atom. The van der Waals surface area contributed by atoms with E-state index in [1.165, 1.54) is 6.07 Å². The second-order valence-electron chi connectivity index (χ2n) is 3.09. The molecule has 1 heterocycles. The minimum Gasteiger partial charge on any atom is -0.334 e. The monoisotopic (exact) mass is 217 g/mol. The number of carbonyl (C=O) groups excluding carboxylic acids is 1. The van der Waals surface area contributed by atoms with Gasteiger partial charge in [0.25, 0.3) is 5.89 Å². The van der Waals surface area contributed by atoms with Gasteiger partial charge in [0.1, 0.15) is 0 Å². The Bertz CT molecular complexity index is 548. The van der Waals surface area contributed by atoms with Gasteiger partial charge in [0.2, 0.25) is 0 Å². The fourth-order valence-corrected chi connectivity index (χ4v) is 1.31. The molecule has 0 aliphatic heterocycles. The number of rotatable bonds is 2. The van der Waals surface area contributed by atoms with E-state index in [4.69, 9.17) is 4.52 Å². The van der Waals surface area contributed by atoms with Crippen molar-refractivity contribution in [1.29, 1.82) is 0 Å². The van der Waals surface area contributed by atoms with Crippen LogP contribution in [0.15, 0.2) is 34.0 Å². The lowest BCUT2D eigenvalue weighted by atomic mass is 10.1. The minimum absolute atomic E-state index is 0.154. The maximum atomic E-state index is 11.2. The van der Waals surface area contributed by atoms with Crippen LogP contribution in [0.2, 0.25) is 0 Å². The van der Waals surface area contributed by atoms with E-state index in [9.17, 15) is 9.70 Å². The molecule has 80 valence electrons. The number of nitroso groups, excluding NO2 is 1. The second kappa shape index (κ2) is 4.01. The summed E-state index contributed by atoms with van der Waals surface area (Å²) in [5, 5.41) is 5.99. The van der Waals surface area contributed by atoms with Gasteiger partial charge in [0.15, 0.2) is 5.82 Å². The molecule has 0 aliphatic carbocycles. The molecule has 0 fully saturated rings. The van der Waals surface area contributed by atoms with Crippen molar-refractivity contribution in [2.24, 2.45) is 5.18 Å². The highest BCUT2D eigenvalue weighted by molar-refractivity contribution is 6.00. The average Bonchev–Trinajstić information content (AvgIpc) is 2.75. The van der Waals surface area contributed by atoms with Gasteiger partial charge in [-0.25, -0.2) is 0 Å². The highest BCUT2D eigenvalue weighted by atomic mass is 16.5. The summed E-state index contributed by atoms with van der Waals surface area (Å²) in [6.45, 7) is 1.66. The van der Waals surface area contributed by atoms with Gasteiger partial charge in [-0.1, -0.05) is 17.3 Å². The number of amides is 1. The predicted molar refractivity (Wildman–Crippen MR) is 54.6 cm³/mol. The van der Waals surface area contributed by atoms with Crippen molar-refractivity contribution >= 4 is 5.91 Å². The van der Waals surface area contributed by atoms with Crippen LogP contribution in [0.5, 0.6) is 0 Å². The summed E-state index contributed by atoms with van der Waals surface area (Å²) in [6.07, 6.45) is 0. The first-order valence-electron chi connectivity index (χ1n) is 4.50. The van der Waals surface area contributed by atoms with Crippen LogP contribution in [-0.4, -0.2) is 16.0 Å². The molecule has 2 rings (SSSR count). The molecule has 2 aromatic rings. The minimum atomic E-state index is -0.855. The fourth-order valence-electron chi connectivity index (χ4n) is 1.31. The number of aromatic nitrogens is 2. The van der Waals surface area contributed by atoms with E-state index in [0.29, 0.717) is 11.4 Å². The zero-order valence-corrected chi connectivity index (χ0v) is 8.38. The van der Waals surface area contributed by atoms with Crippen molar-refractivity contribution in [2.75, 3.05) is 0 Å². The number of carbonyl (C=O) groups is 1. The standard InChI is InChI=1S/C10H7N3O3/c1-6-11-10(16-13-6)8-5-3-2-4-7(8)9(14)12-15/h2-5H,1H3. The lowest BCUT2D eigenvalue weighted by Crippen LogP contribution is -1.97. The van der Waals surface area contributed by atoms with Crippen LogP contribution in [0.25, 0.3) is 11.5 Å². The molecule has 6 nitrogen and oxygen atoms in total. The van der Waals surface area contributed by atoms with Gasteiger partial charge in [-0.3, -0.25) is 4.79 Å². The lowest BCUT2D eigenvalue weighted by molar-refractivity contribution is 0.100. The molecule has 1 aromatic heterocycles. The quantitative estimate of drug-likeness (QED) is 0.717.